The lowest BCUT2D eigenvalue weighted by molar-refractivity contribution is 0.620. The van der Waals surface area contributed by atoms with Gasteiger partial charge < -0.3 is 13.7 Å². The van der Waals surface area contributed by atoms with Crippen molar-refractivity contribution >= 4 is 71.6 Å². The molecule has 2 heterocycles. The smallest absolute Gasteiger partial charge is 0.227 e. The number of furan rings is 1. The molecule has 0 fully saturated rings. The van der Waals surface area contributed by atoms with Crippen LogP contribution in [-0.4, -0.2) is 4.98 Å². The fourth-order valence-corrected chi connectivity index (χ4v) is 8.10. The summed E-state index contributed by atoms with van der Waals surface area (Å²) in [5, 5.41) is 6.90. The van der Waals surface area contributed by atoms with Crippen LogP contribution in [0, 0.1) is 0 Å². The van der Waals surface area contributed by atoms with Gasteiger partial charge in [0.25, 0.3) is 0 Å². The molecule has 4 heteroatoms. The second kappa shape index (κ2) is 12.6. The van der Waals surface area contributed by atoms with Crippen molar-refractivity contribution in [2.75, 3.05) is 4.90 Å². The maximum Gasteiger partial charge on any atom is 0.227 e. The highest BCUT2D eigenvalue weighted by Gasteiger charge is 2.21. The van der Waals surface area contributed by atoms with E-state index in [0.717, 1.165) is 72.4 Å². The first kappa shape index (κ1) is 31.1. The van der Waals surface area contributed by atoms with Gasteiger partial charge in [-0.1, -0.05) is 146 Å². The van der Waals surface area contributed by atoms with Crippen LogP contribution in [0.4, 0.5) is 17.1 Å². The summed E-state index contributed by atoms with van der Waals surface area (Å²) in [6.07, 6.45) is 0. The minimum atomic E-state index is 0.602. The number of oxazole rings is 1. The summed E-state index contributed by atoms with van der Waals surface area (Å²) in [6, 6.07) is 68.3. The number of benzene rings is 9. The molecule has 11 rings (SSSR count). The molecule has 0 unspecified atom stereocenters. The van der Waals surface area contributed by atoms with Gasteiger partial charge in [0, 0.05) is 44.6 Å². The highest BCUT2D eigenvalue weighted by molar-refractivity contribution is 6.15. The number of anilines is 3. The first-order valence-electron chi connectivity index (χ1n) is 18.5. The summed E-state index contributed by atoms with van der Waals surface area (Å²) in [5.41, 5.74) is 11.8. The highest BCUT2D eigenvalue weighted by Crippen LogP contribution is 2.46. The van der Waals surface area contributed by atoms with Crippen molar-refractivity contribution in [1.29, 1.82) is 0 Å². The zero-order chi connectivity index (χ0) is 36.3. The summed E-state index contributed by atoms with van der Waals surface area (Å²) in [4.78, 5) is 7.20. The van der Waals surface area contributed by atoms with Crippen LogP contribution in [0.15, 0.2) is 203 Å². The molecule has 0 amide bonds. The Bertz CT molecular complexity index is 3200. The Kier molecular flexibility index (Phi) is 7.14. The normalized spacial score (nSPS) is 11.6. The standard InChI is InChI=1S/C51H32N2O2/c1-3-14-33(15-4-1)39-20-11-12-25-46(39)53(47-30-36-18-7-8-19-38(36)41-21-9-10-22-42(41)47)37-28-26-34(27-29-37)40-23-13-24-43-44-31-49-45(32-48(44)54-50(40)43)52-51(55-49)35-16-5-2-6-17-35/h1-32H. The van der Waals surface area contributed by atoms with Gasteiger partial charge in [0.1, 0.15) is 16.7 Å². The van der Waals surface area contributed by atoms with Crippen molar-refractivity contribution in [1.82, 2.24) is 4.98 Å². The third-order valence-electron chi connectivity index (χ3n) is 10.7. The Morgan fingerprint density at radius 2 is 1.02 bits per heavy atom. The lowest BCUT2D eigenvalue weighted by Gasteiger charge is -2.29. The molecule has 258 valence electrons. The SMILES string of the molecule is c1ccc(-c2nc3cc4oc5c(-c6ccc(N(c7ccccc7-c7ccccc7)c7cc8ccccc8c8ccccc78)cc6)cccc5c4cc3o2)cc1. The minimum Gasteiger partial charge on any atom is -0.455 e. The van der Waals surface area contributed by atoms with E-state index in [1.165, 1.54) is 27.1 Å². The van der Waals surface area contributed by atoms with Gasteiger partial charge in [-0.05, 0) is 69.8 Å². The van der Waals surface area contributed by atoms with E-state index in [1.807, 2.05) is 36.4 Å². The van der Waals surface area contributed by atoms with Crippen LogP contribution < -0.4 is 4.90 Å². The highest BCUT2D eigenvalue weighted by atomic mass is 16.4. The van der Waals surface area contributed by atoms with E-state index in [1.54, 1.807) is 0 Å². The number of hydrogen-bond acceptors (Lipinski definition) is 4. The Labute approximate surface area is 317 Å². The van der Waals surface area contributed by atoms with Crippen LogP contribution in [0.5, 0.6) is 0 Å². The van der Waals surface area contributed by atoms with E-state index < -0.39 is 0 Å². The van der Waals surface area contributed by atoms with Crippen molar-refractivity contribution < 1.29 is 8.83 Å². The number of aromatic nitrogens is 1. The van der Waals surface area contributed by atoms with Crippen LogP contribution in [0.2, 0.25) is 0 Å². The van der Waals surface area contributed by atoms with Crippen LogP contribution >= 0.6 is 0 Å². The molecular weight excluding hydrogens is 673 g/mol. The largest absolute Gasteiger partial charge is 0.455 e. The second-order valence-electron chi connectivity index (χ2n) is 13.9. The van der Waals surface area contributed by atoms with Gasteiger partial charge in [-0.3, -0.25) is 0 Å². The topological polar surface area (TPSA) is 42.4 Å². The molecule has 0 radical (unpaired) electrons. The van der Waals surface area contributed by atoms with Gasteiger partial charge in [0.05, 0.1) is 11.4 Å². The third-order valence-corrected chi connectivity index (χ3v) is 10.7. The molecular formula is C51H32N2O2. The Morgan fingerprint density at radius 1 is 0.382 bits per heavy atom. The van der Waals surface area contributed by atoms with Crippen LogP contribution in [0.1, 0.15) is 0 Å². The second-order valence-corrected chi connectivity index (χ2v) is 13.9. The molecule has 0 saturated carbocycles. The van der Waals surface area contributed by atoms with E-state index in [0.29, 0.717) is 5.89 Å². The predicted molar refractivity (Wildman–Crippen MR) is 227 cm³/mol. The molecule has 0 bridgehead atoms. The Hall–Kier alpha value is -7.43. The third kappa shape index (κ3) is 5.19. The number of rotatable bonds is 6. The molecule has 0 aliphatic heterocycles. The molecule has 9 aromatic carbocycles. The maximum absolute atomic E-state index is 6.64. The fraction of sp³-hybridized carbons (Fsp3) is 0. The summed E-state index contributed by atoms with van der Waals surface area (Å²) in [5.74, 6) is 0.602. The molecule has 4 nitrogen and oxygen atoms in total. The first-order valence-corrected chi connectivity index (χ1v) is 18.5. The van der Waals surface area contributed by atoms with Gasteiger partial charge in [0.15, 0.2) is 5.58 Å². The number of para-hydroxylation sites is 2. The van der Waals surface area contributed by atoms with Crippen molar-refractivity contribution in [3.63, 3.8) is 0 Å². The van der Waals surface area contributed by atoms with E-state index in [2.05, 4.69) is 163 Å². The van der Waals surface area contributed by atoms with E-state index in [9.17, 15) is 0 Å². The van der Waals surface area contributed by atoms with Gasteiger partial charge in [0.2, 0.25) is 5.89 Å². The Morgan fingerprint density at radius 3 is 1.84 bits per heavy atom. The zero-order valence-corrected chi connectivity index (χ0v) is 29.7. The van der Waals surface area contributed by atoms with E-state index in [4.69, 9.17) is 13.8 Å². The van der Waals surface area contributed by atoms with Crippen LogP contribution in [0.25, 0.3) is 88.3 Å². The van der Waals surface area contributed by atoms with Crippen molar-refractivity contribution in [2.45, 2.75) is 0 Å². The van der Waals surface area contributed by atoms with Crippen LogP contribution in [-0.2, 0) is 0 Å². The lowest BCUT2D eigenvalue weighted by atomic mass is 9.97. The van der Waals surface area contributed by atoms with Crippen LogP contribution in [0.3, 0.4) is 0 Å². The summed E-state index contributed by atoms with van der Waals surface area (Å²) in [7, 11) is 0. The van der Waals surface area contributed by atoms with Crippen molar-refractivity contribution in [2.24, 2.45) is 0 Å². The van der Waals surface area contributed by atoms with Gasteiger partial charge in [-0.15, -0.1) is 0 Å². The lowest BCUT2D eigenvalue weighted by Crippen LogP contribution is -2.12. The first-order chi connectivity index (χ1) is 27.3. The Balaban J connectivity index is 1.06. The average Bonchev–Trinajstić information content (AvgIpc) is 3.85. The van der Waals surface area contributed by atoms with Crippen molar-refractivity contribution in [3.8, 4) is 33.7 Å². The number of fused-ring (bicyclic) bond motifs is 7. The monoisotopic (exact) mass is 704 g/mol. The molecule has 11 aromatic rings. The van der Waals surface area contributed by atoms with Gasteiger partial charge in [-0.2, -0.15) is 0 Å². The molecule has 0 atom stereocenters. The molecule has 0 N–H and O–H groups in total. The summed E-state index contributed by atoms with van der Waals surface area (Å²) in [6.45, 7) is 0. The number of hydrogen-bond donors (Lipinski definition) is 0. The molecule has 0 aliphatic rings. The maximum atomic E-state index is 6.64. The summed E-state index contributed by atoms with van der Waals surface area (Å²) < 4.78 is 12.9. The minimum absolute atomic E-state index is 0.602. The molecule has 0 spiro atoms. The van der Waals surface area contributed by atoms with E-state index >= 15 is 0 Å². The fourth-order valence-electron chi connectivity index (χ4n) is 8.10. The average molecular weight is 705 g/mol. The van der Waals surface area contributed by atoms with Gasteiger partial charge >= 0.3 is 0 Å². The van der Waals surface area contributed by atoms with Crippen molar-refractivity contribution in [3.05, 3.63) is 194 Å². The van der Waals surface area contributed by atoms with Gasteiger partial charge in [-0.25, -0.2) is 4.98 Å². The number of nitrogens with zero attached hydrogens (tertiary/aromatic N) is 2. The quantitative estimate of drug-likeness (QED) is 0.162. The van der Waals surface area contributed by atoms with E-state index in [-0.39, 0.29) is 0 Å². The summed E-state index contributed by atoms with van der Waals surface area (Å²) >= 11 is 0. The predicted octanol–water partition coefficient (Wildman–Crippen LogP) is 14.5. The molecule has 2 aromatic heterocycles. The molecule has 0 aliphatic carbocycles. The zero-order valence-electron chi connectivity index (χ0n) is 29.7. The molecule has 55 heavy (non-hydrogen) atoms. The molecule has 0 saturated heterocycles.